The molecule has 0 heterocycles. The van der Waals surface area contributed by atoms with Crippen LogP contribution in [0.5, 0.6) is 5.75 Å². The van der Waals surface area contributed by atoms with Crippen LogP contribution in [0.2, 0.25) is 10.0 Å². The van der Waals surface area contributed by atoms with Crippen LogP contribution in [0.3, 0.4) is 0 Å². The van der Waals surface area contributed by atoms with Gasteiger partial charge in [-0.15, -0.1) is 0 Å². The molecule has 0 saturated carbocycles. The molecule has 2 aromatic rings. The minimum absolute atomic E-state index is 0.00215. The number of carbonyl (C=O) groups is 2. The maximum atomic E-state index is 13.1. The molecule has 31 heavy (non-hydrogen) atoms. The SMILES string of the molecule is CC[C@@H](C)NC(=O)[C@@H](C)N(Cc1c(Cl)cccc1Cl)C(=O)COc1cc(C)cc(C)c1. The van der Waals surface area contributed by atoms with E-state index in [0.29, 0.717) is 21.4 Å². The third kappa shape index (κ3) is 7.15. The molecular formula is C24H30Cl2N2O3. The smallest absolute Gasteiger partial charge is 0.261 e. The van der Waals surface area contributed by atoms with Crippen molar-refractivity contribution in [3.8, 4) is 5.75 Å². The molecular weight excluding hydrogens is 435 g/mol. The summed E-state index contributed by atoms with van der Waals surface area (Å²) in [5, 5.41) is 3.81. The zero-order valence-electron chi connectivity index (χ0n) is 18.7. The predicted octanol–water partition coefficient (Wildman–Crippen LogP) is 5.32. The number of nitrogens with zero attached hydrogens (tertiary/aromatic N) is 1. The second kappa shape index (κ2) is 11.4. The van der Waals surface area contributed by atoms with E-state index in [4.69, 9.17) is 27.9 Å². The third-order valence-corrected chi connectivity index (χ3v) is 5.82. The molecule has 2 atom stereocenters. The van der Waals surface area contributed by atoms with Gasteiger partial charge in [-0.3, -0.25) is 9.59 Å². The molecule has 0 fully saturated rings. The summed E-state index contributed by atoms with van der Waals surface area (Å²) in [7, 11) is 0. The monoisotopic (exact) mass is 464 g/mol. The summed E-state index contributed by atoms with van der Waals surface area (Å²) in [6, 6.07) is 10.2. The minimum Gasteiger partial charge on any atom is -0.484 e. The highest BCUT2D eigenvalue weighted by Crippen LogP contribution is 2.27. The van der Waals surface area contributed by atoms with E-state index in [9.17, 15) is 9.59 Å². The average Bonchev–Trinajstić information content (AvgIpc) is 2.70. The van der Waals surface area contributed by atoms with E-state index in [0.717, 1.165) is 17.5 Å². The van der Waals surface area contributed by atoms with Gasteiger partial charge in [-0.2, -0.15) is 0 Å². The van der Waals surface area contributed by atoms with Gasteiger partial charge in [-0.1, -0.05) is 42.3 Å². The highest BCUT2D eigenvalue weighted by Gasteiger charge is 2.28. The van der Waals surface area contributed by atoms with Crippen LogP contribution in [0.15, 0.2) is 36.4 Å². The summed E-state index contributed by atoms with van der Waals surface area (Å²) in [4.78, 5) is 27.4. The molecule has 0 radical (unpaired) electrons. The Kier molecular flexibility index (Phi) is 9.20. The zero-order valence-corrected chi connectivity index (χ0v) is 20.2. The zero-order chi connectivity index (χ0) is 23.1. The van der Waals surface area contributed by atoms with Crippen LogP contribution in [0.4, 0.5) is 0 Å². The van der Waals surface area contributed by atoms with Crippen molar-refractivity contribution in [3.05, 3.63) is 63.1 Å². The molecule has 168 valence electrons. The molecule has 0 aromatic heterocycles. The van der Waals surface area contributed by atoms with E-state index in [1.807, 2.05) is 45.9 Å². The molecule has 2 rings (SSSR count). The fourth-order valence-electron chi connectivity index (χ4n) is 3.15. The van der Waals surface area contributed by atoms with Crippen LogP contribution in [0.25, 0.3) is 0 Å². The number of aryl methyl sites for hydroxylation is 2. The summed E-state index contributed by atoms with van der Waals surface area (Å²) in [6.07, 6.45) is 0.790. The Morgan fingerprint density at radius 2 is 1.65 bits per heavy atom. The first-order valence-electron chi connectivity index (χ1n) is 10.4. The van der Waals surface area contributed by atoms with Crippen LogP contribution in [-0.2, 0) is 16.1 Å². The van der Waals surface area contributed by atoms with Gasteiger partial charge < -0.3 is 15.0 Å². The number of ether oxygens (including phenoxy) is 1. The van der Waals surface area contributed by atoms with Gasteiger partial charge in [0.2, 0.25) is 5.91 Å². The largest absolute Gasteiger partial charge is 0.484 e. The normalized spacial score (nSPS) is 12.7. The van der Waals surface area contributed by atoms with Crippen LogP contribution >= 0.6 is 23.2 Å². The summed E-state index contributed by atoms with van der Waals surface area (Å²) < 4.78 is 5.75. The molecule has 0 unspecified atom stereocenters. The van der Waals surface area contributed by atoms with Gasteiger partial charge in [-0.25, -0.2) is 0 Å². The van der Waals surface area contributed by atoms with Gasteiger partial charge in [0.1, 0.15) is 11.8 Å². The Morgan fingerprint density at radius 3 is 2.19 bits per heavy atom. The molecule has 0 aliphatic heterocycles. The summed E-state index contributed by atoms with van der Waals surface area (Å²) in [6.45, 7) is 9.43. The molecule has 0 aliphatic carbocycles. The van der Waals surface area contributed by atoms with Crippen LogP contribution < -0.4 is 10.1 Å². The molecule has 0 bridgehead atoms. The maximum absolute atomic E-state index is 13.1. The van der Waals surface area contributed by atoms with Crippen molar-refractivity contribution in [2.75, 3.05) is 6.61 Å². The number of nitrogens with one attached hydrogen (secondary N) is 1. The van der Waals surface area contributed by atoms with Crippen molar-refractivity contribution in [1.82, 2.24) is 10.2 Å². The predicted molar refractivity (Wildman–Crippen MR) is 126 cm³/mol. The number of hydrogen-bond donors (Lipinski definition) is 1. The Morgan fingerprint density at radius 1 is 1.06 bits per heavy atom. The summed E-state index contributed by atoms with van der Waals surface area (Å²) >= 11 is 12.6. The summed E-state index contributed by atoms with van der Waals surface area (Å²) in [5.41, 5.74) is 2.68. The first kappa shape index (κ1) is 25.0. The Labute approximate surface area is 194 Å². The van der Waals surface area contributed by atoms with Gasteiger partial charge >= 0.3 is 0 Å². The number of benzene rings is 2. The quantitative estimate of drug-likeness (QED) is 0.545. The third-order valence-electron chi connectivity index (χ3n) is 5.12. The lowest BCUT2D eigenvalue weighted by molar-refractivity contribution is -0.142. The lowest BCUT2D eigenvalue weighted by Gasteiger charge is -2.30. The first-order valence-corrected chi connectivity index (χ1v) is 11.1. The van der Waals surface area contributed by atoms with E-state index >= 15 is 0 Å². The Bertz CT molecular complexity index is 893. The molecule has 2 aromatic carbocycles. The molecule has 1 N–H and O–H groups in total. The van der Waals surface area contributed by atoms with E-state index < -0.39 is 6.04 Å². The number of rotatable bonds is 9. The highest BCUT2D eigenvalue weighted by atomic mass is 35.5. The molecule has 0 spiro atoms. The van der Waals surface area contributed by atoms with Crippen molar-refractivity contribution < 1.29 is 14.3 Å². The number of amides is 2. The van der Waals surface area contributed by atoms with E-state index in [1.54, 1.807) is 25.1 Å². The van der Waals surface area contributed by atoms with Crippen LogP contribution in [0.1, 0.15) is 43.9 Å². The molecule has 7 heteroatoms. The fourth-order valence-corrected chi connectivity index (χ4v) is 3.66. The van der Waals surface area contributed by atoms with Gasteiger partial charge in [0.05, 0.1) is 0 Å². The number of halogens is 2. The lowest BCUT2D eigenvalue weighted by Crippen LogP contribution is -2.50. The van der Waals surface area contributed by atoms with Crippen LogP contribution in [0, 0.1) is 13.8 Å². The number of hydrogen-bond acceptors (Lipinski definition) is 3. The molecule has 0 aliphatic rings. The van der Waals surface area contributed by atoms with Crippen molar-refractivity contribution in [2.45, 2.75) is 59.7 Å². The van der Waals surface area contributed by atoms with Crippen molar-refractivity contribution in [2.24, 2.45) is 0 Å². The first-order chi connectivity index (χ1) is 14.6. The van der Waals surface area contributed by atoms with Crippen molar-refractivity contribution >= 4 is 35.0 Å². The summed E-state index contributed by atoms with van der Waals surface area (Å²) in [5.74, 6) is 0.0394. The molecule has 5 nitrogen and oxygen atoms in total. The fraction of sp³-hybridized carbons (Fsp3) is 0.417. The van der Waals surface area contributed by atoms with Gasteiger partial charge in [-0.05, 0) is 69.5 Å². The maximum Gasteiger partial charge on any atom is 0.261 e. The Balaban J connectivity index is 2.24. The number of carbonyl (C=O) groups excluding carboxylic acids is 2. The van der Waals surface area contributed by atoms with Crippen molar-refractivity contribution in [1.29, 1.82) is 0 Å². The second-order valence-electron chi connectivity index (χ2n) is 7.83. The lowest BCUT2D eigenvalue weighted by atomic mass is 10.1. The van der Waals surface area contributed by atoms with Gasteiger partial charge in [0, 0.05) is 28.2 Å². The van der Waals surface area contributed by atoms with E-state index in [-0.39, 0.29) is 31.0 Å². The molecule has 0 saturated heterocycles. The van der Waals surface area contributed by atoms with E-state index in [2.05, 4.69) is 5.32 Å². The van der Waals surface area contributed by atoms with Gasteiger partial charge in [0.25, 0.3) is 5.91 Å². The second-order valence-corrected chi connectivity index (χ2v) is 8.64. The average molecular weight is 465 g/mol. The van der Waals surface area contributed by atoms with Gasteiger partial charge in [0.15, 0.2) is 6.61 Å². The van der Waals surface area contributed by atoms with E-state index in [1.165, 1.54) is 4.90 Å². The topological polar surface area (TPSA) is 58.6 Å². The highest BCUT2D eigenvalue weighted by molar-refractivity contribution is 6.36. The molecule has 2 amide bonds. The minimum atomic E-state index is -0.725. The van der Waals surface area contributed by atoms with Crippen molar-refractivity contribution in [3.63, 3.8) is 0 Å². The Hall–Kier alpha value is -2.24. The van der Waals surface area contributed by atoms with Crippen LogP contribution in [-0.4, -0.2) is 35.4 Å². The standard InChI is InChI=1S/C24H30Cl2N2O3/c1-6-17(4)27-24(30)18(5)28(13-20-21(25)8-7-9-22(20)26)23(29)14-31-19-11-15(2)10-16(3)12-19/h7-12,17-18H,6,13-14H2,1-5H3,(H,27,30)/t17-,18-/m1/s1.